The molecule has 0 saturated carbocycles. The van der Waals surface area contributed by atoms with Crippen molar-refractivity contribution < 1.29 is 27.6 Å². The smallest absolute Gasteiger partial charge is 0.416 e. The van der Waals surface area contributed by atoms with E-state index < -0.39 is 28.3 Å². The lowest BCUT2D eigenvalue weighted by Crippen LogP contribution is -2.16. The highest BCUT2D eigenvalue weighted by Crippen LogP contribution is 2.36. The summed E-state index contributed by atoms with van der Waals surface area (Å²) in [5.74, 6) is -0.669. The van der Waals surface area contributed by atoms with Gasteiger partial charge < -0.3 is 10.1 Å². The van der Waals surface area contributed by atoms with E-state index in [9.17, 15) is 28.1 Å². The first-order chi connectivity index (χ1) is 12.6. The lowest BCUT2D eigenvalue weighted by Gasteiger charge is -2.13. The zero-order chi connectivity index (χ0) is 20.4. The first-order valence-corrected chi connectivity index (χ1v) is 8.70. The number of halogens is 3. The van der Waals surface area contributed by atoms with Gasteiger partial charge in [-0.15, -0.1) is 11.8 Å². The molecular formula is C17H15F3N2O4S. The second-order valence-electron chi connectivity index (χ2n) is 5.46. The molecule has 2 aromatic rings. The van der Waals surface area contributed by atoms with Crippen molar-refractivity contribution in [2.75, 3.05) is 18.7 Å². The number of hydrogen-bond acceptors (Lipinski definition) is 5. The molecule has 0 heterocycles. The van der Waals surface area contributed by atoms with Gasteiger partial charge in [-0.05, 0) is 36.9 Å². The third kappa shape index (κ3) is 4.51. The van der Waals surface area contributed by atoms with Crippen LogP contribution >= 0.6 is 11.8 Å². The van der Waals surface area contributed by atoms with Crippen LogP contribution in [0.5, 0.6) is 5.75 Å². The molecular weight excluding hydrogens is 385 g/mol. The number of nitro benzene ring substituents is 1. The molecule has 0 atom stereocenters. The Morgan fingerprint density at radius 2 is 1.93 bits per heavy atom. The topological polar surface area (TPSA) is 81.5 Å². The number of alkyl halides is 3. The fraction of sp³-hybridized carbons (Fsp3) is 0.235. The van der Waals surface area contributed by atoms with Gasteiger partial charge in [0.05, 0.1) is 28.6 Å². The minimum absolute atomic E-state index is 0.000552. The summed E-state index contributed by atoms with van der Waals surface area (Å²) in [7, 11) is 1.34. The molecule has 0 saturated heterocycles. The van der Waals surface area contributed by atoms with Crippen molar-refractivity contribution in [1.29, 1.82) is 0 Å². The summed E-state index contributed by atoms with van der Waals surface area (Å²) in [6.45, 7) is 1.30. The van der Waals surface area contributed by atoms with Crippen LogP contribution in [0.25, 0.3) is 0 Å². The minimum atomic E-state index is -4.58. The Hall–Kier alpha value is -2.75. The van der Waals surface area contributed by atoms with Crippen molar-refractivity contribution in [2.45, 2.75) is 18.0 Å². The van der Waals surface area contributed by atoms with E-state index in [0.717, 1.165) is 12.1 Å². The van der Waals surface area contributed by atoms with Crippen LogP contribution in [-0.4, -0.2) is 24.2 Å². The summed E-state index contributed by atoms with van der Waals surface area (Å²) in [6, 6.07) is 5.69. The van der Waals surface area contributed by atoms with Crippen LogP contribution in [-0.2, 0) is 6.18 Å². The SMILES string of the molecule is COc1cc([N+](=O)[O-])c(C(=O)Nc2ccc(C)c(C(F)(F)F)c2)cc1SC. The molecule has 1 N–H and O–H groups in total. The molecule has 0 spiro atoms. The summed E-state index contributed by atoms with van der Waals surface area (Å²) in [4.78, 5) is 23.5. The zero-order valence-electron chi connectivity index (χ0n) is 14.5. The van der Waals surface area contributed by atoms with Crippen LogP contribution in [0, 0.1) is 17.0 Å². The molecule has 1 amide bonds. The summed E-state index contributed by atoms with van der Waals surface area (Å²) in [6.07, 6.45) is -2.89. The Morgan fingerprint density at radius 3 is 2.44 bits per heavy atom. The number of methoxy groups -OCH3 is 1. The molecule has 144 valence electrons. The fourth-order valence-electron chi connectivity index (χ4n) is 2.40. The Labute approximate surface area is 156 Å². The number of carbonyl (C=O) groups excluding carboxylic acids is 1. The average molecular weight is 400 g/mol. The lowest BCUT2D eigenvalue weighted by atomic mass is 10.1. The van der Waals surface area contributed by atoms with E-state index in [4.69, 9.17) is 4.74 Å². The van der Waals surface area contributed by atoms with Gasteiger partial charge in [-0.1, -0.05) is 6.07 Å². The van der Waals surface area contributed by atoms with Crippen molar-refractivity contribution >= 4 is 29.0 Å². The van der Waals surface area contributed by atoms with Crippen LogP contribution in [0.15, 0.2) is 35.2 Å². The van der Waals surface area contributed by atoms with E-state index in [1.807, 2.05) is 0 Å². The fourth-order valence-corrected chi connectivity index (χ4v) is 2.98. The molecule has 0 unspecified atom stereocenters. The highest BCUT2D eigenvalue weighted by Gasteiger charge is 2.33. The van der Waals surface area contributed by atoms with E-state index >= 15 is 0 Å². The van der Waals surface area contributed by atoms with Gasteiger partial charge in [0.15, 0.2) is 0 Å². The average Bonchev–Trinajstić information content (AvgIpc) is 2.60. The molecule has 10 heteroatoms. The standard InChI is InChI=1S/C17H15F3N2O4S/c1-9-4-5-10(6-12(9)17(18,19)20)21-16(23)11-7-15(27-3)14(26-2)8-13(11)22(24)25/h4-8H,1-3H3,(H,21,23). The molecule has 27 heavy (non-hydrogen) atoms. The van der Waals surface area contributed by atoms with E-state index in [0.29, 0.717) is 4.90 Å². The number of ether oxygens (including phenoxy) is 1. The van der Waals surface area contributed by atoms with Crippen molar-refractivity contribution in [2.24, 2.45) is 0 Å². The summed E-state index contributed by atoms with van der Waals surface area (Å²) < 4.78 is 44.1. The maximum absolute atomic E-state index is 13.0. The highest BCUT2D eigenvalue weighted by molar-refractivity contribution is 7.98. The predicted molar refractivity (Wildman–Crippen MR) is 95.6 cm³/mol. The maximum atomic E-state index is 13.0. The molecule has 0 bridgehead atoms. The summed E-state index contributed by atoms with van der Waals surface area (Å²) in [5.41, 5.74) is -1.80. The van der Waals surface area contributed by atoms with Gasteiger partial charge >= 0.3 is 6.18 Å². The number of nitrogens with zero attached hydrogens (tertiary/aromatic N) is 1. The molecule has 2 aromatic carbocycles. The molecule has 0 aliphatic heterocycles. The number of hydrogen-bond donors (Lipinski definition) is 1. The molecule has 0 aliphatic carbocycles. The van der Waals surface area contributed by atoms with Crippen molar-refractivity contribution in [3.63, 3.8) is 0 Å². The molecule has 0 fully saturated rings. The van der Waals surface area contributed by atoms with Gasteiger partial charge in [0.1, 0.15) is 11.3 Å². The largest absolute Gasteiger partial charge is 0.495 e. The van der Waals surface area contributed by atoms with Crippen molar-refractivity contribution in [1.82, 2.24) is 0 Å². The van der Waals surface area contributed by atoms with E-state index in [1.165, 1.54) is 44.0 Å². The van der Waals surface area contributed by atoms with Gasteiger partial charge in [-0.3, -0.25) is 14.9 Å². The number of rotatable bonds is 5. The van der Waals surface area contributed by atoms with Crippen LogP contribution < -0.4 is 10.1 Å². The molecule has 2 rings (SSSR count). The Kier molecular flexibility index (Phi) is 5.99. The highest BCUT2D eigenvalue weighted by atomic mass is 32.2. The summed E-state index contributed by atoms with van der Waals surface area (Å²) >= 11 is 1.21. The molecule has 0 aliphatic rings. The number of amides is 1. The first-order valence-electron chi connectivity index (χ1n) is 7.48. The van der Waals surface area contributed by atoms with E-state index in [-0.39, 0.29) is 22.6 Å². The van der Waals surface area contributed by atoms with E-state index in [2.05, 4.69) is 5.32 Å². The third-order valence-electron chi connectivity index (χ3n) is 3.74. The van der Waals surface area contributed by atoms with Crippen LogP contribution in [0.2, 0.25) is 0 Å². The van der Waals surface area contributed by atoms with Crippen LogP contribution in [0.4, 0.5) is 24.5 Å². The number of benzene rings is 2. The Morgan fingerprint density at radius 1 is 1.26 bits per heavy atom. The number of nitro groups is 1. The van der Waals surface area contributed by atoms with E-state index in [1.54, 1.807) is 6.26 Å². The summed E-state index contributed by atoms with van der Waals surface area (Å²) in [5, 5.41) is 13.6. The maximum Gasteiger partial charge on any atom is 0.416 e. The molecule has 0 aromatic heterocycles. The number of thioether (sulfide) groups is 1. The quantitative estimate of drug-likeness (QED) is 0.438. The van der Waals surface area contributed by atoms with Crippen molar-refractivity contribution in [3.8, 4) is 5.75 Å². The third-order valence-corrected chi connectivity index (χ3v) is 4.50. The van der Waals surface area contributed by atoms with Crippen LogP contribution in [0.3, 0.4) is 0 Å². The first kappa shape index (κ1) is 20.6. The predicted octanol–water partition coefficient (Wildman–Crippen LogP) is 4.90. The van der Waals surface area contributed by atoms with Crippen LogP contribution in [0.1, 0.15) is 21.5 Å². The van der Waals surface area contributed by atoms with Gasteiger partial charge in [-0.25, -0.2) is 0 Å². The number of nitrogens with one attached hydrogen (secondary N) is 1. The monoisotopic (exact) mass is 400 g/mol. The Balaban J connectivity index is 2.45. The van der Waals surface area contributed by atoms with Gasteiger partial charge in [0.25, 0.3) is 11.6 Å². The second-order valence-corrected chi connectivity index (χ2v) is 6.31. The second kappa shape index (κ2) is 7.87. The lowest BCUT2D eigenvalue weighted by molar-refractivity contribution is -0.385. The van der Waals surface area contributed by atoms with Gasteiger partial charge in [-0.2, -0.15) is 13.2 Å². The number of anilines is 1. The minimum Gasteiger partial charge on any atom is -0.495 e. The number of carbonyl (C=O) groups is 1. The zero-order valence-corrected chi connectivity index (χ0v) is 15.3. The molecule has 0 radical (unpaired) electrons. The van der Waals surface area contributed by atoms with Gasteiger partial charge in [0, 0.05) is 5.69 Å². The molecule has 6 nitrogen and oxygen atoms in total. The number of aryl methyl sites for hydroxylation is 1. The van der Waals surface area contributed by atoms with Gasteiger partial charge in [0.2, 0.25) is 0 Å². The normalized spacial score (nSPS) is 11.2. The van der Waals surface area contributed by atoms with Crippen molar-refractivity contribution in [3.05, 3.63) is 57.1 Å². The Bertz CT molecular complexity index is 900.